The molecule has 0 fully saturated rings. The van der Waals surface area contributed by atoms with Crippen LogP contribution in [0, 0.1) is 4.77 Å². The van der Waals surface area contributed by atoms with Gasteiger partial charge in [-0.2, -0.15) is 4.37 Å². The topological polar surface area (TPSA) is 77.6 Å². The second-order valence-corrected chi connectivity index (χ2v) is 9.38. The summed E-state index contributed by atoms with van der Waals surface area (Å²) < 4.78 is 9.12. The maximum Gasteiger partial charge on any atom is 0.185 e. The van der Waals surface area contributed by atoms with Crippen molar-refractivity contribution in [3.8, 4) is 5.69 Å². The van der Waals surface area contributed by atoms with Gasteiger partial charge in [-0.05, 0) is 76.1 Å². The average Bonchev–Trinajstić information content (AvgIpc) is 3.52. The van der Waals surface area contributed by atoms with Crippen LogP contribution in [0.5, 0.6) is 0 Å². The minimum absolute atomic E-state index is 0.594. The first-order valence-electron chi connectivity index (χ1n) is 9.87. The van der Waals surface area contributed by atoms with Crippen molar-refractivity contribution in [2.75, 3.05) is 16.8 Å². The first-order chi connectivity index (χ1) is 15.7. The van der Waals surface area contributed by atoms with Crippen LogP contribution in [0.15, 0.2) is 59.5 Å². The lowest BCUT2D eigenvalue weighted by atomic mass is 10.2. The van der Waals surface area contributed by atoms with Crippen molar-refractivity contribution in [2.45, 2.75) is 0 Å². The van der Waals surface area contributed by atoms with Crippen molar-refractivity contribution in [3.63, 3.8) is 0 Å². The summed E-state index contributed by atoms with van der Waals surface area (Å²) in [5.74, 6) is 1.72. The molecule has 6 rings (SSSR count). The van der Waals surface area contributed by atoms with Crippen LogP contribution in [0.25, 0.3) is 29.0 Å². The molecule has 158 valence electrons. The van der Waals surface area contributed by atoms with Crippen molar-refractivity contribution in [1.82, 2.24) is 23.9 Å². The van der Waals surface area contributed by atoms with E-state index in [1.54, 1.807) is 6.33 Å². The van der Waals surface area contributed by atoms with E-state index in [0.717, 1.165) is 43.7 Å². The molecule has 3 N–H and O–H groups in total. The number of aromatic nitrogens is 5. The monoisotopic (exact) mass is 521 g/mol. The van der Waals surface area contributed by atoms with E-state index in [0.29, 0.717) is 11.3 Å². The molecule has 3 aromatic heterocycles. The van der Waals surface area contributed by atoms with Crippen LogP contribution >= 0.6 is 39.7 Å². The number of imidazole rings is 2. The highest BCUT2D eigenvalue weighted by atomic mass is 79.9. The number of halogens is 1. The summed E-state index contributed by atoms with van der Waals surface area (Å²) in [7, 11) is 0. The van der Waals surface area contributed by atoms with Gasteiger partial charge in [0.1, 0.15) is 0 Å². The predicted molar refractivity (Wildman–Crippen MR) is 136 cm³/mol. The van der Waals surface area contributed by atoms with E-state index in [-0.39, 0.29) is 0 Å². The number of nitrogens with one attached hydrogen (secondary N) is 3. The van der Waals surface area contributed by atoms with E-state index in [2.05, 4.69) is 63.8 Å². The molecule has 4 heterocycles. The van der Waals surface area contributed by atoms with Gasteiger partial charge in [-0.25, -0.2) is 4.98 Å². The third-order valence-corrected chi connectivity index (χ3v) is 7.12. The highest BCUT2D eigenvalue weighted by molar-refractivity contribution is 9.10. The van der Waals surface area contributed by atoms with Gasteiger partial charge >= 0.3 is 0 Å². The summed E-state index contributed by atoms with van der Waals surface area (Å²) in [5.41, 5.74) is 3.76. The Labute approximate surface area is 200 Å². The Bertz CT molecular complexity index is 1640. The molecule has 2 aromatic carbocycles. The number of aromatic amines is 2. The second kappa shape index (κ2) is 7.73. The lowest BCUT2D eigenvalue weighted by Crippen LogP contribution is -2.33. The normalized spacial score (nSPS) is 13.0. The van der Waals surface area contributed by atoms with Crippen LogP contribution in [0.4, 0.5) is 17.3 Å². The van der Waals surface area contributed by atoms with Crippen molar-refractivity contribution >= 4 is 80.3 Å². The fraction of sp³-hybridized carbons (Fsp3) is 0.0455. The molecule has 7 nitrogen and oxygen atoms in total. The number of hydrogen-bond donors (Lipinski definition) is 3. The summed E-state index contributed by atoms with van der Waals surface area (Å²) >= 11 is 10.9. The minimum Gasteiger partial charge on any atom is -0.345 e. The standard InChI is InChI=1S/C22H16BrN7S2/c23-15-3-1-2-4-16(15)27-20-21(29-8-7-19-13(11-29)10-26-32-19)30(22(31)28-20)14-5-6-17-18(9-14)25-12-24-17/h1-7,9-12,27H,8H2,(H,24,25)(H,28,31). The fourth-order valence-electron chi connectivity index (χ4n) is 3.84. The van der Waals surface area contributed by atoms with Gasteiger partial charge in [0.2, 0.25) is 0 Å². The molecular weight excluding hydrogens is 506 g/mol. The maximum absolute atomic E-state index is 5.79. The van der Waals surface area contributed by atoms with Crippen LogP contribution in [-0.2, 0) is 0 Å². The highest BCUT2D eigenvalue weighted by Crippen LogP contribution is 2.34. The van der Waals surface area contributed by atoms with Crippen molar-refractivity contribution in [3.05, 3.63) is 74.0 Å². The fourth-order valence-corrected chi connectivity index (χ4v) is 5.16. The third kappa shape index (κ3) is 3.27. The van der Waals surface area contributed by atoms with Crippen molar-refractivity contribution < 1.29 is 0 Å². The summed E-state index contributed by atoms with van der Waals surface area (Å²) in [6.45, 7) is 0.707. The second-order valence-electron chi connectivity index (χ2n) is 7.30. The molecule has 32 heavy (non-hydrogen) atoms. The molecule has 0 bridgehead atoms. The molecular formula is C22H16BrN7S2. The lowest BCUT2D eigenvalue weighted by Gasteiger charge is -2.24. The van der Waals surface area contributed by atoms with Crippen LogP contribution in [0.3, 0.4) is 0 Å². The number of hydrogen-bond acceptors (Lipinski definition) is 6. The first-order valence-corrected chi connectivity index (χ1v) is 11.8. The quantitative estimate of drug-likeness (QED) is 0.305. The molecule has 0 unspecified atom stereocenters. The number of anilines is 3. The number of fused-ring (bicyclic) bond motifs is 2. The summed E-state index contributed by atoms with van der Waals surface area (Å²) in [6, 6.07) is 14.1. The molecule has 0 spiro atoms. The lowest BCUT2D eigenvalue weighted by molar-refractivity contribution is 0.983. The van der Waals surface area contributed by atoms with Crippen LogP contribution in [-0.4, -0.2) is 30.4 Å². The average molecular weight is 522 g/mol. The Hall–Kier alpha value is -3.21. The number of nitrogens with zero attached hydrogens (tertiary/aromatic N) is 4. The SMILES string of the molecule is S=c1[nH]c(Nc2ccccc2Br)c(N2C=c3cnsc3=CC2)n1-c1ccc2nc[nH]c2c1. The number of H-pyrrole nitrogens is 2. The van der Waals surface area contributed by atoms with Gasteiger partial charge in [-0.1, -0.05) is 12.1 Å². The molecule has 0 amide bonds. The number of para-hydroxylation sites is 1. The van der Waals surface area contributed by atoms with E-state index in [1.165, 1.54) is 16.1 Å². The molecule has 0 atom stereocenters. The van der Waals surface area contributed by atoms with Gasteiger partial charge in [-0.3, -0.25) is 4.57 Å². The van der Waals surface area contributed by atoms with Crippen LogP contribution in [0.2, 0.25) is 0 Å². The van der Waals surface area contributed by atoms with Gasteiger partial charge in [0.05, 0.1) is 33.3 Å². The zero-order valence-corrected chi connectivity index (χ0v) is 19.8. The highest BCUT2D eigenvalue weighted by Gasteiger charge is 2.21. The Balaban J connectivity index is 1.56. The largest absolute Gasteiger partial charge is 0.345 e. The summed E-state index contributed by atoms with van der Waals surface area (Å²) in [4.78, 5) is 13.1. The molecule has 0 saturated carbocycles. The molecule has 0 radical (unpaired) electrons. The summed E-state index contributed by atoms with van der Waals surface area (Å²) in [6.07, 6.45) is 7.90. The molecule has 1 aliphatic heterocycles. The summed E-state index contributed by atoms with van der Waals surface area (Å²) in [5, 5.41) is 4.61. The molecule has 0 saturated heterocycles. The van der Waals surface area contributed by atoms with E-state index in [9.17, 15) is 0 Å². The van der Waals surface area contributed by atoms with Gasteiger partial charge < -0.3 is 20.2 Å². The Morgan fingerprint density at radius 1 is 1.19 bits per heavy atom. The maximum atomic E-state index is 5.79. The van der Waals surface area contributed by atoms with Crippen molar-refractivity contribution in [1.29, 1.82) is 0 Å². The smallest absolute Gasteiger partial charge is 0.185 e. The van der Waals surface area contributed by atoms with Crippen LogP contribution < -0.4 is 20.0 Å². The van der Waals surface area contributed by atoms with Crippen LogP contribution in [0.1, 0.15) is 0 Å². The van der Waals surface area contributed by atoms with Crippen molar-refractivity contribution in [2.24, 2.45) is 0 Å². The molecule has 0 aliphatic carbocycles. The predicted octanol–water partition coefficient (Wildman–Crippen LogP) is 4.41. The third-order valence-electron chi connectivity index (χ3n) is 5.33. The number of rotatable bonds is 4. The van der Waals surface area contributed by atoms with Gasteiger partial charge in [0.15, 0.2) is 16.4 Å². The van der Waals surface area contributed by atoms with Gasteiger partial charge in [-0.15, -0.1) is 0 Å². The van der Waals surface area contributed by atoms with Gasteiger partial charge in [0.25, 0.3) is 0 Å². The Morgan fingerprint density at radius 2 is 2.09 bits per heavy atom. The van der Waals surface area contributed by atoms with E-state index in [4.69, 9.17) is 12.2 Å². The zero-order chi connectivity index (χ0) is 21.7. The molecule has 1 aliphatic rings. The van der Waals surface area contributed by atoms with Gasteiger partial charge in [0, 0.05) is 28.6 Å². The molecule has 10 heteroatoms. The zero-order valence-electron chi connectivity index (χ0n) is 16.5. The molecule has 5 aromatic rings. The van der Waals surface area contributed by atoms with E-state index < -0.39 is 0 Å². The van der Waals surface area contributed by atoms with E-state index >= 15 is 0 Å². The Kier molecular flexibility index (Phi) is 4.71. The number of benzene rings is 2. The van der Waals surface area contributed by atoms with E-state index in [1.807, 2.05) is 47.2 Å². The Morgan fingerprint density at radius 3 is 3.00 bits per heavy atom. The minimum atomic E-state index is 0.594. The first kappa shape index (κ1) is 19.5.